The number of carbonyl (C=O) groups is 1. The molecule has 2 aromatic heterocycles. The zero-order chi connectivity index (χ0) is 21.3. The summed E-state index contributed by atoms with van der Waals surface area (Å²) in [5.41, 5.74) is 2.48. The van der Waals surface area contributed by atoms with Gasteiger partial charge in [-0.05, 0) is 37.1 Å². The van der Waals surface area contributed by atoms with Crippen molar-refractivity contribution >= 4 is 5.91 Å². The highest BCUT2D eigenvalue weighted by Crippen LogP contribution is 2.18. The normalized spacial score (nSPS) is 15.1. The van der Waals surface area contributed by atoms with E-state index in [0.717, 1.165) is 57.7 Å². The molecule has 1 amide bonds. The van der Waals surface area contributed by atoms with Crippen molar-refractivity contribution in [2.24, 2.45) is 0 Å². The third-order valence-corrected chi connectivity index (χ3v) is 5.59. The van der Waals surface area contributed by atoms with Gasteiger partial charge in [0.2, 0.25) is 0 Å². The summed E-state index contributed by atoms with van der Waals surface area (Å²) in [6, 6.07) is 16.0. The first-order valence-corrected chi connectivity index (χ1v) is 10.9. The van der Waals surface area contributed by atoms with E-state index in [1.807, 2.05) is 12.1 Å². The van der Waals surface area contributed by atoms with Crippen LogP contribution in [0.25, 0.3) is 11.3 Å². The van der Waals surface area contributed by atoms with Gasteiger partial charge < -0.3 is 14.7 Å². The van der Waals surface area contributed by atoms with Crippen LogP contribution in [0, 0.1) is 0 Å². The number of amides is 1. The maximum Gasteiger partial charge on any atom is 0.273 e. The van der Waals surface area contributed by atoms with Gasteiger partial charge in [-0.3, -0.25) is 14.7 Å². The minimum atomic E-state index is -0.201. The van der Waals surface area contributed by atoms with E-state index in [9.17, 15) is 4.79 Å². The molecule has 3 aromatic rings. The lowest BCUT2D eigenvalue weighted by atomic mass is 10.2. The Hall–Kier alpha value is -3.03. The summed E-state index contributed by atoms with van der Waals surface area (Å²) in [4.78, 5) is 21.4. The first-order valence-electron chi connectivity index (χ1n) is 10.9. The van der Waals surface area contributed by atoms with Gasteiger partial charge in [0.05, 0.1) is 0 Å². The van der Waals surface area contributed by atoms with Gasteiger partial charge in [0.15, 0.2) is 11.5 Å². The molecule has 4 rings (SSSR count). The van der Waals surface area contributed by atoms with Crippen molar-refractivity contribution < 1.29 is 9.32 Å². The van der Waals surface area contributed by atoms with E-state index >= 15 is 0 Å². The van der Waals surface area contributed by atoms with Crippen LogP contribution in [0.2, 0.25) is 0 Å². The highest BCUT2D eigenvalue weighted by molar-refractivity contribution is 5.93. The summed E-state index contributed by atoms with van der Waals surface area (Å²) in [7, 11) is 0. The largest absolute Gasteiger partial charge is 0.355 e. The monoisotopic (exact) mass is 419 g/mol. The lowest BCUT2D eigenvalue weighted by molar-refractivity contribution is 0.0942. The van der Waals surface area contributed by atoms with Crippen molar-refractivity contribution in [2.75, 3.05) is 39.3 Å². The van der Waals surface area contributed by atoms with Crippen LogP contribution in [-0.4, -0.2) is 65.1 Å². The van der Waals surface area contributed by atoms with E-state index in [-0.39, 0.29) is 5.91 Å². The fourth-order valence-electron chi connectivity index (χ4n) is 3.79. The first kappa shape index (κ1) is 21.2. The smallest absolute Gasteiger partial charge is 0.273 e. The predicted octanol–water partition coefficient (Wildman–Crippen LogP) is 3.06. The van der Waals surface area contributed by atoms with E-state index in [0.29, 0.717) is 18.0 Å². The van der Waals surface area contributed by atoms with E-state index in [4.69, 9.17) is 4.52 Å². The van der Waals surface area contributed by atoms with E-state index in [1.165, 1.54) is 5.56 Å². The molecule has 0 saturated carbocycles. The fourth-order valence-corrected chi connectivity index (χ4v) is 3.79. The number of nitrogens with one attached hydrogen (secondary N) is 1. The zero-order valence-corrected chi connectivity index (χ0v) is 17.7. The van der Waals surface area contributed by atoms with Gasteiger partial charge in [0, 0.05) is 63.3 Å². The average Bonchev–Trinajstić information content (AvgIpc) is 3.32. The molecule has 31 heavy (non-hydrogen) atoms. The number of hydrogen-bond acceptors (Lipinski definition) is 6. The van der Waals surface area contributed by atoms with E-state index < -0.39 is 0 Å². The minimum Gasteiger partial charge on any atom is -0.355 e. The highest BCUT2D eigenvalue weighted by atomic mass is 16.5. The molecule has 1 aliphatic rings. The van der Waals surface area contributed by atoms with Gasteiger partial charge in [-0.1, -0.05) is 35.5 Å². The molecule has 0 atom stereocenters. The number of hydrogen-bond donors (Lipinski definition) is 1. The van der Waals surface area contributed by atoms with Crippen LogP contribution in [0.4, 0.5) is 0 Å². The highest BCUT2D eigenvalue weighted by Gasteiger charge is 2.17. The Balaban J connectivity index is 1.10. The molecule has 7 heteroatoms. The number of pyridine rings is 1. The Bertz CT molecular complexity index is 937. The molecule has 7 nitrogen and oxygen atoms in total. The number of benzene rings is 1. The molecular weight excluding hydrogens is 390 g/mol. The van der Waals surface area contributed by atoms with E-state index in [1.54, 1.807) is 18.5 Å². The van der Waals surface area contributed by atoms with Gasteiger partial charge in [-0.25, -0.2) is 0 Å². The molecule has 3 heterocycles. The molecule has 0 aliphatic carbocycles. The molecular formula is C24H29N5O2. The number of carbonyl (C=O) groups excluding carboxylic acids is 1. The molecule has 1 aromatic carbocycles. The number of rotatable bonds is 9. The predicted molar refractivity (Wildman–Crippen MR) is 119 cm³/mol. The molecule has 1 saturated heterocycles. The van der Waals surface area contributed by atoms with Crippen molar-refractivity contribution in [3.63, 3.8) is 0 Å². The number of piperazine rings is 1. The maximum atomic E-state index is 12.3. The summed E-state index contributed by atoms with van der Waals surface area (Å²) in [5, 5.41) is 6.81. The first-order chi connectivity index (χ1) is 15.3. The number of nitrogens with zero attached hydrogens (tertiary/aromatic N) is 4. The summed E-state index contributed by atoms with van der Waals surface area (Å²) in [6.07, 6.45) is 5.39. The Morgan fingerprint density at radius 3 is 2.58 bits per heavy atom. The van der Waals surface area contributed by atoms with Gasteiger partial charge >= 0.3 is 0 Å². The lowest BCUT2D eigenvalue weighted by Gasteiger charge is -2.34. The second kappa shape index (κ2) is 10.8. The molecule has 1 N–H and O–H groups in total. The number of aromatic nitrogens is 2. The molecule has 0 radical (unpaired) electrons. The van der Waals surface area contributed by atoms with Crippen LogP contribution in [0.15, 0.2) is 65.4 Å². The topological polar surface area (TPSA) is 74.5 Å². The molecule has 1 aliphatic heterocycles. The van der Waals surface area contributed by atoms with Crippen LogP contribution >= 0.6 is 0 Å². The van der Waals surface area contributed by atoms with Crippen molar-refractivity contribution in [3.8, 4) is 11.3 Å². The molecule has 1 fully saturated rings. The Labute approximate surface area is 183 Å². The SMILES string of the molecule is O=C(NCCCCN1CCN(Cc2ccccc2)CC1)c1cc(-c2cccnc2)on1. The Kier molecular flexibility index (Phi) is 7.41. The van der Waals surface area contributed by atoms with Crippen LogP contribution < -0.4 is 5.32 Å². The molecule has 0 bridgehead atoms. The van der Waals surface area contributed by atoms with Gasteiger partial charge in [-0.2, -0.15) is 0 Å². The maximum absolute atomic E-state index is 12.3. The average molecular weight is 420 g/mol. The third kappa shape index (κ3) is 6.23. The zero-order valence-electron chi connectivity index (χ0n) is 17.7. The minimum absolute atomic E-state index is 0.201. The summed E-state index contributed by atoms with van der Waals surface area (Å²) in [5.74, 6) is 0.345. The summed E-state index contributed by atoms with van der Waals surface area (Å²) in [6.45, 7) is 7.18. The number of unbranched alkanes of at least 4 members (excludes halogenated alkanes) is 1. The van der Waals surface area contributed by atoms with E-state index in [2.05, 4.69) is 55.6 Å². The Morgan fingerprint density at radius 2 is 1.81 bits per heavy atom. The standard InChI is InChI=1S/C24H29N5O2/c30-24(22-17-23(31-27-22)21-9-6-10-25-18-21)26-11-4-5-12-28-13-15-29(16-14-28)19-20-7-2-1-3-8-20/h1-3,6-10,17-18H,4-5,11-16,19H2,(H,26,30). The fraction of sp³-hybridized carbons (Fsp3) is 0.375. The van der Waals surface area contributed by atoms with Crippen LogP contribution in [0.3, 0.4) is 0 Å². The third-order valence-electron chi connectivity index (χ3n) is 5.59. The van der Waals surface area contributed by atoms with Crippen LogP contribution in [0.1, 0.15) is 28.9 Å². The van der Waals surface area contributed by atoms with Gasteiger partial charge in [0.25, 0.3) is 5.91 Å². The molecule has 0 spiro atoms. The van der Waals surface area contributed by atoms with Crippen LogP contribution in [-0.2, 0) is 6.54 Å². The van der Waals surface area contributed by atoms with Crippen molar-refractivity contribution in [1.29, 1.82) is 0 Å². The quantitative estimate of drug-likeness (QED) is 0.538. The summed E-state index contributed by atoms with van der Waals surface area (Å²) < 4.78 is 5.26. The van der Waals surface area contributed by atoms with Crippen molar-refractivity contribution in [3.05, 3.63) is 72.2 Å². The second-order valence-corrected chi connectivity index (χ2v) is 7.88. The Morgan fingerprint density at radius 1 is 1.00 bits per heavy atom. The molecule has 162 valence electrons. The van der Waals surface area contributed by atoms with Crippen molar-refractivity contribution in [2.45, 2.75) is 19.4 Å². The van der Waals surface area contributed by atoms with Gasteiger partial charge in [0.1, 0.15) is 0 Å². The second-order valence-electron chi connectivity index (χ2n) is 7.88. The molecule has 0 unspecified atom stereocenters. The summed E-state index contributed by atoms with van der Waals surface area (Å²) >= 11 is 0. The lowest BCUT2D eigenvalue weighted by Crippen LogP contribution is -2.46. The van der Waals surface area contributed by atoms with Crippen molar-refractivity contribution in [1.82, 2.24) is 25.3 Å². The van der Waals surface area contributed by atoms with Gasteiger partial charge in [-0.15, -0.1) is 0 Å². The van der Waals surface area contributed by atoms with Crippen LogP contribution in [0.5, 0.6) is 0 Å².